The number of carbonyl (C=O) groups is 1. The number of ether oxygens (including phenoxy) is 2. The number of piperidine rings is 1. The van der Waals surface area contributed by atoms with Crippen LogP contribution in [0.2, 0.25) is 0 Å². The standard InChI is InChI=1S/C23H38N4O3/c1-5-24-23(27-14-12-20(13-15-27)22(28)29-4)25-18-19-8-10-21(11-9-19)30-17-16-26(6-2)7-3/h8-11,20H,5-7,12-18H2,1-4H3,(H,24,25). The largest absolute Gasteiger partial charge is 0.492 e. The maximum atomic E-state index is 11.7. The second kappa shape index (κ2) is 13.1. The number of hydrogen-bond acceptors (Lipinski definition) is 5. The maximum absolute atomic E-state index is 11.7. The van der Waals surface area contributed by atoms with Gasteiger partial charge in [-0.25, -0.2) is 4.99 Å². The summed E-state index contributed by atoms with van der Waals surface area (Å²) in [6.45, 7) is 13.2. The monoisotopic (exact) mass is 418 g/mol. The molecule has 30 heavy (non-hydrogen) atoms. The van der Waals surface area contributed by atoms with Crippen LogP contribution in [0.15, 0.2) is 29.3 Å². The molecule has 1 N–H and O–H groups in total. The summed E-state index contributed by atoms with van der Waals surface area (Å²) in [5.41, 5.74) is 1.14. The third kappa shape index (κ3) is 7.52. The third-order valence-electron chi connectivity index (χ3n) is 5.57. The second-order valence-electron chi connectivity index (χ2n) is 7.47. The lowest BCUT2D eigenvalue weighted by atomic mass is 9.97. The van der Waals surface area contributed by atoms with Gasteiger partial charge in [-0.05, 0) is 50.6 Å². The van der Waals surface area contributed by atoms with E-state index in [1.165, 1.54) is 7.11 Å². The normalized spacial score (nSPS) is 15.4. The summed E-state index contributed by atoms with van der Waals surface area (Å²) in [6.07, 6.45) is 1.60. The fourth-order valence-electron chi connectivity index (χ4n) is 3.61. The van der Waals surface area contributed by atoms with Gasteiger partial charge in [0.1, 0.15) is 12.4 Å². The van der Waals surface area contributed by atoms with Crippen LogP contribution in [0.5, 0.6) is 5.75 Å². The molecular weight excluding hydrogens is 380 g/mol. The summed E-state index contributed by atoms with van der Waals surface area (Å²) in [6, 6.07) is 8.18. The number of rotatable bonds is 10. The molecule has 1 fully saturated rings. The van der Waals surface area contributed by atoms with Crippen molar-refractivity contribution in [2.75, 3.05) is 53.0 Å². The van der Waals surface area contributed by atoms with Crippen LogP contribution in [0.1, 0.15) is 39.2 Å². The molecular formula is C23H38N4O3. The van der Waals surface area contributed by atoms with Crippen LogP contribution in [0.3, 0.4) is 0 Å². The highest BCUT2D eigenvalue weighted by Gasteiger charge is 2.26. The van der Waals surface area contributed by atoms with Gasteiger partial charge < -0.3 is 24.6 Å². The van der Waals surface area contributed by atoms with Crippen LogP contribution in [0, 0.1) is 5.92 Å². The van der Waals surface area contributed by atoms with Gasteiger partial charge in [-0.15, -0.1) is 0 Å². The molecule has 168 valence electrons. The molecule has 0 radical (unpaired) electrons. The molecule has 0 amide bonds. The Morgan fingerprint density at radius 1 is 1.17 bits per heavy atom. The van der Waals surface area contributed by atoms with Gasteiger partial charge in [0.2, 0.25) is 0 Å². The van der Waals surface area contributed by atoms with Gasteiger partial charge in [0.15, 0.2) is 5.96 Å². The van der Waals surface area contributed by atoms with Gasteiger partial charge in [0.05, 0.1) is 19.6 Å². The van der Waals surface area contributed by atoms with Crippen molar-refractivity contribution in [1.29, 1.82) is 0 Å². The fraction of sp³-hybridized carbons (Fsp3) is 0.652. The molecule has 0 unspecified atom stereocenters. The van der Waals surface area contributed by atoms with Gasteiger partial charge in [-0.3, -0.25) is 4.79 Å². The highest BCUT2D eigenvalue weighted by Crippen LogP contribution is 2.19. The summed E-state index contributed by atoms with van der Waals surface area (Å²) >= 11 is 0. The van der Waals surface area contributed by atoms with Crippen LogP contribution in [0.4, 0.5) is 0 Å². The summed E-state index contributed by atoms with van der Waals surface area (Å²) in [5.74, 6) is 1.70. The van der Waals surface area contributed by atoms with E-state index in [0.717, 1.165) is 69.4 Å². The molecule has 1 aliphatic heterocycles. The average Bonchev–Trinajstić information content (AvgIpc) is 2.80. The Balaban J connectivity index is 1.86. The van der Waals surface area contributed by atoms with E-state index in [2.05, 4.69) is 48.0 Å². The Labute approximate surface area is 181 Å². The zero-order valence-electron chi connectivity index (χ0n) is 19.0. The van der Waals surface area contributed by atoms with Crippen LogP contribution >= 0.6 is 0 Å². The van der Waals surface area contributed by atoms with Crippen molar-refractivity contribution in [1.82, 2.24) is 15.1 Å². The topological polar surface area (TPSA) is 66.4 Å². The SMILES string of the molecule is CCNC(=NCc1ccc(OCCN(CC)CC)cc1)N1CCC(C(=O)OC)CC1. The van der Waals surface area contributed by atoms with Crippen molar-refractivity contribution in [3.8, 4) is 5.75 Å². The number of nitrogens with zero attached hydrogens (tertiary/aromatic N) is 3. The van der Waals surface area contributed by atoms with Gasteiger partial charge in [-0.1, -0.05) is 26.0 Å². The van der Waals surface area contributed by atoms with Gasteiger partial charge >= 0.3 is 5.97 Å². The predicted octanol–water partition coefficient (Wildman–Crippen LogP) is 2.76. The Morgan fingerprint density at radius 3 is 2.40 bits per heavy atom. The number of carbonyl (C=O) groups excluding carboxylic acids is 1. The van der Waals surface area contributed by atoms with E-state index in [1.807, 2.05) is 12.1 Å². The van der Waals surface area contributed by atoms with E-state index >= 15 is 0 Å². The summed E-state index contributed by atoms with van der Waals surface area (Å²) in [7, 11) is 1.46. The lowest BCUT2D eigenvalue weighted by Crippen LogP contribution is -2.46. The minimum atomic E-state index is -0.101. The predicted molar refractivity (Wildman–Crippen MR) is 121 cm³/mol. The highest BCUT2D eigenvalue weighted by molar-refractivity contribution is 5.80. The van der Waals surface area contributed by atoms with E-state index in [1.54, 1.807) is 0 Å². The molecule has 1 aromatic rings. The first-order valence-corrected chi connectivity index (χ1v) is 11.2. The molecule has 1 aliphatic rings. The number of nitrogens with one attached hydrogen (secondary N) is 1. The van der Waals surface area contributed by atoms with Crippen molar-refractivity contribution in [2.45, 2.75) is 40.2 Å². The minimum Gasteiger partial charge on any atom is -0.492 e. The Bertz CT molecular complexity index is 651. The number of likely N-dealkylation sites (N-methyl/N-ethyl adjacent to an activating group) is 1. The quantitative estimate of drug-likeness (QED) is 0.358. The molecule has 1 saturated heterocycles. The minimum absolute atomic E-state index is 0.00315. The van der Waals surface area contributed by atoms with E-state index in [9.17, 15) is 4.79 Å². The van der Waals surface area contributed by atoms with E-state index in [4.69, 9.17) is 14.5 Å². The number of esters is 1. The van der Waals surface area contributed by atoms with Crippen LogP contribution in [0.25, 0.3) is 0 Å². The Kier molecular flexibility index (Phi) is 10.5. The molecule has 0 aliphatic carbocycles. The highest BCUT2D eigenvalue weighted by atomic mass is 16.5. The first-order valence-electron chi connectivity index (χ1n) is 11.2. The number of hydrogen-bond donors (Lipinski definition) is 1. The average molecular weight is 419 g/mol. The molecule has 0 atom stereocenters. The fourth-order valence-corrected chi connectivity index (χ4v) is 3.61. The van der Waals surface area contributed by atoms with Gasteiger partial charge in [0, 0.05) is 26.2 Å². The smallest absolute Gasteiger partial charge is 0.308 e. The zero-order valence-corrected chi connectivity index (χ0v) is 19.0. The summed E-state index contributed by atoms with van der Waals surface area (Å²) in [5, 5.41) is 3.37. The van der Waals surface area contributed by atoms with Crippen LogP contribution in [-0.4, -0.2) is 74.7 Å². The molecule has 0 aromatic heterocycles. The summed E-state index contributed by atoms with van der Waals surface area (Å²) in [4.78, 5) is 21.1. The molecule has 1 aromatic carbocycles. The maximum Gasteiger partial charge on any atom is 0.308 e. The second-order valence-corrected chi connectivity index (χ2v) is 7.47. The number of benzene rings is 1. The number of guanidine groups is 1. The number of likely N-dealkylation sites (tertiary alicyclic amines) is 1. The zero-order chi connectivity index (χ0) is 21.8. The van der Waals surface area contributed by atoms with Gasteiger partial charge in [0.25, 0.3) is 0 Å². The third-order valence-corrected chi connectivity index (χ3v) is 5.57. The van der Waals surface area contributed by atoms with Crippen LogP contribution < -0.4 is 10.1 Å². The summed E-state index contributed by atoms with van der Waals surface area (Å²) < 4.78 is 10.7. The van der Waals surface area contributed by atoms with Crippen LogP contribution in [-0.2, 0) is 16.1 Å². The lowest BCUT2D eigenvalue weighted by molar-refractivity contribution is -0.146. The van der Waals surface area contributed by atoms with Crippen molar-refractivity contribution < 1.29 is 14.3 Å². The molecule has 7 heteroatoms. The van der Waals surface area contributed by atoms with Crippen molar-refractivity contribution in [3.05, 3.63) is 29.8 Å². The van der Waals surface area contributed by atoms with Gasteiger partial charge in [-0.2, -0.15) is 0 Å². The molecule has 1 heterocycles. The molecule has 0 saturated carbocycles. The lowest BCUT2D eigenvalue weighted by Gasteiger charge is -2.33. The first-order chi connectivity index (χ1) is 14.6. The van der Waals surface area contributed by atoms with E-state index in [0.29, 0.717) is 13.2 Å². The van der Waals surface area contributed by atoms with E-state index in [-0.39, 0.29) is 11.9 Å². The van der Waals surface area contributed by atoms with Crippen molar-refractivity contribution in [3.63, 3.8) is 0 Å². The first kappa shape index (κ1) is 24.0. The Morgan fingerprint density at radius 2 is 1.83 bits per heavy atom. The van der Waals surface area contributed by atoms with Crippen molar-refractivity contribution >= 4 is 11.9 Å². The molecule has 7 nitrogen and oxygen atoms in total. The molecule has 2 rings (SSSR count). The van der Waals surface area contributed by atoms with E-state index < -0.39 is 0 Å². The van der Waals surface area contributed by atoms with Crippen molar-refractivity contribution in [2.24, 2.45) is 10.9 Å². The number of aliphatic imine (C=N–C) groups is 1. The Hall–Kier alpha value is -2.28. The molecule has 0 bridgehead atoms. The molecule has 0 spiro atoms. The number of methoxy groups -OCH3 is 1.